The molecule has 0 saturated heterocycles. The number of nitrogens with zero attached hydrogens (tertiary/aromatic N) is 1. The van der Waals surface area contributed by atoms with Gasteiger partial charge in [0.25, 0.3) is 0 Å². The summed E-state index contributed by atoms with van der Waals surface area (Å²) < 4.78 is 15.6. The Morgan fingerprint density at radius 1 is 1.22 bits per heavy atom. The van der Waals surface area contributed by atoms with Crippen LogP contribution in [0.25, 0.3) is 0 Å². The van der Waals surface area contributed by atoms with Gasteiger partial charge in [-0.3, -0.25) is 4.79 Å². The molecule has 142 valence electrons. The van der Waals surface area contributed by atoms with Crippen molar-refractivity contribution in [3.8, 4) is 11.8 Å². The predicted octanol–water partition coefficient (Wildman–Crippen LogP) is 3.20. The van der Waals surface area contributed by atoms with Gasteiger partial charge in [-0.25, -0.2) is 4.79 Å². The normalized spacial score (nSPS) is 10.1. The van der Waals surface area contributed by atoms with Gasteiger partial charge in [0.05, 0.1) is 25.2 Å². The average Bonchev–Trinajstić information content (AvgIpc) is 2.97. The molecule has 1 heterocycles. The Bertz CT molecular complexity index is 852. The van der Waals surface area contributed by atoms with Gasteiger partial charge in [0.2, 0.25) is 0 Å². The third-order valence-corrected chi connectivity index (χ3v) is 4.62. The third kappa shape index (κ3) is 5.46. The smallest absolute Gasteiger partial charge is 0.348 e. The number of nitriles is 1. The zero-order chi connectivity index (χ0) is 19.8. The maximum atomic E-state index is 12.0. The Morgan fingerprint density at radius 2 is 1.93 bits per heavy atom. The van der Waals surface area contributed by atoms with Crippen LogP contribution >= 0.6 is 11.3 Å². The highest BCUT2D eigenvalue weighted by Gasteiger charge is 2.23. The van der Waals surface area contributed by atoms with Crippen LogP contribution in [-0.4, -0.2) is 25.2 Å². The number of nitrogen functional groups attached to an aromatic ring is 1. The van der Waals surface area contributed by atoms with Gasteiger partial charge in [0.1, 0.15) is 28.3 Å². The van der Waals surface area contributed by atoms with E-state index < -0.39 is 11.9 Å². The fourth-order valence-corrected chi connectivity index (χ4v) is 3.14. The van der Waals surface area contributed by atoms with Gasteiger partial charge in [-0.05, 0) is 26.0 Å². The lowest BCUT2D eigenvalue weighted by atomic mass is 10.1. The molecule has 0 aliphatic heterocycles. The van der Waals surface area contributed by atoms with Crippen LogP contribution in [0.1, 0.15) is 39.7 Å². The standard InChI is InChI=1S/C19H20N2O5S/c1-3-24-19(23)17-15(14(10-20)18(21)27-17)11-26-16(22)8-9-25-13-6-4-12(2)5-7-13/h4-7H,3,8-9,11,21H2,1-2H3. The fourth-order valence-electron chi connectivity index (χ4n) is 2.22. The minimum atomic E-state index is -0.593. The molecule has 0 fully saturated rings. The fraction of sp³-hybridized carbons (Fsp3) is 0.316. The molecule has 0 saturated carbocycles. The van der Waals surface area contributed by atoms with E-state index in [4.69, 9.17) is 19.9 Å². The van der Waals surface area contributed by atoms with Crippen molar-refractivity contribution in [3.63, 3.8) is 0 Å². The molecule has 0 amide bonds. The molecule has 7 nitrogen and oxygen atoms in total. The molecule has 0 unspecified atom stereocenters. The summed E-state index contributed by atoms with van der Waals surface area (Å²) in [4.78, 5) is 24.1. The van der Waals surface area contributed by atoms with E-state index in [-0.39, 0.29) is 47.2 Å². The maximum Gasteiger partial charge on any atom is 0.348 e. The Morgan fingerprint density at radius 3 is 2.56 bits per heavy atom. The Kier molecular flexibility index (Phi) is 7.20. The molecule has 0 spiro atoms. The minimum absolute atomic E-state index is 0.0319. The van der Waals surface area contributed by atoms with E-state index in [1.807, 2.05) is 37.3 Å². The van der Waals surface area contributed by atoms with Crippen LogP contribution in [-0.2, 0) is 20.9 Å². The van der Waals surface area contributed by atoms with E-state index >= 15 is 0 Å². The van der Waals surface area contributed by atoms with Crippen LogP contribution in [0.3, 0.4) is 0 Å². The number of hydrogen-bond donors (Lipinski definition) is 1. The first-order valence-corrected chi connectivity index (χ1v) is 9.11. The predicted molar refractivity (Wildman–Crippen MR) is 100 cm³/mol. The molecule has 2 aromatic rings. The summed E-state index contributed by atoms with van der Waals surface area (Å²) in [6, 6.07) is 9.40. The minimum Gasteiger partial charge on any atom is -0.493 e. The van der Waals surface area contributed by atoms with Crippen LogP contribution in [0.2, 0.25) is 0 Å². The number of rotatable bonds is 8. The first-order chi connectivity index (χ1) is 13.0. The summed E-state index contributed by atoms with van der Waals surface area (Å²) in [5.41, 5.74) is 7.29. The molecule has 0 bridgehead atoms. The van der Waals surface area contributed by atoms with E-state index in [1.165, 1.54) is 0 Å². The number of benzene rings is 1. The number of thiophene rings is 1. The molecule has 1 aromatic heterocycles. The third-order valence-electron chi connectivity index (χ3n) is 3.58. The van der Waals surface area contributed by atoms with Crippen LogP contribution in [0.4, 0.5) is 5.00 Å². The second kappa shape index (κ2) is 9.59. The molecular weight excluding hydrogens is 368 g/mol. The number of carbonyl (C=O) groups excluding carboxylic acids is 2. The number of esters is 2. The van der Waals surface area contributed by atoms with Gasteiger partial charge in [-0.2, -0.15) is 5.26 Å². The Hall–Kier alpha value is -3.05. The molecule has 2 rings (SSSR count). The quantitative estimate of drug-likeness (QED) is 0.691. The lowest BCUT2D eigenvalue weighted by Gasteiger charge is -2.08. The van der Waals surface area contributed by atoms with Crippen molar-refractivity contribution in [2.75, 3.05) is 18.9 Å². The van der Waals surface area contributed by atoms with Gasteiger partial charge in [-0.1, -0.05) is 17.7 Å². The van der Waals surface area contributed by atoms with Crippen LogP contribution < -0.4 is 10.5 Å². The maximum absolute atomic E-state index is 12.0. The number of ether oxygens (including phenoxy) is 3. The van der Waals surface area contributed by atoms with Crippen LogP contribution in [0.15, 0.2) is 24.3 Å². The van der Waals surface area contributed by atoms with Gasteiger partial charge in [0, 0.05) is 5.56 Å². The lowest BCUT2D eigenvalue weighted by molar-refractivity contribution is -0.145. The molecule has 2 N–H and O–H groups in total. The van der Waals surface area contributed by atoms with Crippen LogP contribution in [0.5, 0.6) is 5.75 Å². The van der Waals surface area contributed by atoms with Gasteiger partial charge in [-0.15, -0.1) is 11.3 Å². The highest BCUT2D eigenvalue weighted by molar-refractivity contribution is 7.18. The van der Waals surface area contributed by atoms with E-state index in [0.717, 1.165) is 16.9 Å². The molecule has 1 aromatic carbocycles. The van der Waals surface area contributed by atoms with E-state index in [1.54, 1.807) is 6.92 Å². The van der Waals surface area contributed by atoms with Crippen molar-refractivity contribution in [3.05, 3.63) is 45.8 Å². The molecular formula is C19H20N2O5S. The van der Waals surface area contributed by atoms with E-state index in [2.05, 4.69) is 0 Å². The van der Waals surface area contributed by atoms with Crippen molar-refractivity contribution in [2.24, 2.45) is 0 Å². The molecule has 0 atom stereocenters. The number of anilines is 1. The molecule has 0 aliphatic carbocycles. The molecule has 0 radical (unpaired) electrons. The molecule has 27 heavy (non-hydrogen) atoms. The second-order valence-corrected chi connectivity index (χ2v) is 6.61. The van der Waals surface area contributed by atoms with Crippen molar-refractivity contribution in [1.29, 1.82) is 5.26 Å². The van der Waals surface area contributed by atoms with Gasteiger partial charge >= 0.3 is 11.9 Å². The monoisotopic (exact) mass is 388 g/mol. The molecule has 0 aliphatic rings. The van der Waals surface area contributed by atoms with Crippen LogP contribution in [0, 0.1) is 18.3 Å². The highest BCUT2D eigenvalue weighted by Crippen LogP contribution is 2.31. The van der Waals surface area contributed by atoms with E-state index in [0.29, 0.717) is 5.75 Å². The van der Waals surface area contributed by atoms with Crippen molar-refractivity contribution in [1.82, 2.24) is 0 Å². The van der Waals surface area contributed by atoms with Crippen molar-refractivity contribution >= 4 is 28.3 Å². The summed E-state index contributed by atoms with van der Waals surface area (Å²) in [6.07, 6.45) is 0.0319. The van der Waals surface area contributed by atoms with Crippen molar-refractivity contribution < 1.29 is 23.8 Å². The summed E-state index contributed by atoms with van der Waals surface area (Å²) in [6.45, 7) is 3.76. The topological polar surface area (TPSA) is 112 Å². The largest absolute Gasteiger partial charge is 0.493 e. The number of carbonyl (C=O) groups is 2. The average molecular weight is 388 g/mol. The summed E-state index contributed by atoms with van der Waals surface area (Å²) in [7, 11) is 0. The second-order valence-electron chi connectivity index (χ2n) is 5.55. The lowest BCUT2D eigenvalue weighted by Crippen LogP contribution is -2.12. The zero-order valence-electron chi connectivity index (χ0n) is 15.1. The molecule has 8 heteroatoms. The SMILES string of the molecule is CCOC(=O)c1sc(N)c(C#N)c1COC(=O)CCOc1ccc(C)cc1. The number of hydrogen-bond acceptors (Lipinski definition) is 8. The first kappa shape index (κ1) is 20.3. The zero-order valence-corrected chi connectivity index (χ0v) is 15.9. The van der Waals surface area contributed by atoms with Gasteiger partial charge < -0.3 is 19.9 Å². The summed E-state index contributed by atoms with van der Waals surface area (Å²) in [5.74, 6) is -0.439. The summed E-state index contributed by atoms with van der Waals surface area (Å²) in [5, 5.41) is 9.43. The van der Waals surface area contributed by atoms with Crippen molar-refractivity contribution in [2.45, 2.75) is 26.9 Å². The Balaban J connectivity index is 1.93. The first-order valence-electron chi connectivity index (χ1n) is 8.29. The van der Waals surface area contributed by atoms with E-state index in [9.17, 15) is 14.9 Å². The number of aryl methyl sites for hydroxylation is 1. The Labute approximate surface area is 161 Å². The highest BCUT2D eigenvalue weighted by atomic mass is 32.1. The summed E-state index contributed by atoms with van der Waals surface area (Å²) >= 11 is 0.946. The number of nitrogens with two attached hydrogens (primary N) is 1. The van der Waals surface area contributed by atoms with Gasteiger partial charge in [0.15, 0.2) is 0 Å².